The number of thioether (sulfide) groups is 1. The van der Waals surface area contributed by atoms with Gasteiger partial charge in [0.15, 0.2) is 0 Å². The number of nitrogens with zero attached hydrogens (tertiary/aromatic N) is 2. The van der Waals surface area contributed by atoms with E-state index in [9.17, 15) is 15.0 Å². The summed E-state index contributed by atoms with van der Waals surface area (Å²) in [4.78, 5) is 19.4. The van der Waals surface area contributed by atoms with Gasteiger partial charge in [-0.3, -0.25) is 9.78 Å². The zero-order valence-corrected chi connectivity index (χ0v) is 23.0. The lowest BCUT2D eigenvalue weighted by atomic mass is 9.79. The maximum absolute atomic E-state index is 11.4. The van der Waals surface area contributed by atoms with Crippen LogP contribution in [0.1, 0.15) is 43.8 Å². The van der Waals surface area contributed by atoms with Gasteiger partial charge in [-0.2, -0.15) is 0 Å². The summed E-state index contributed by atoms with van der Waals surface area (Å²) in [5.74, 6) is 2.54. The number of carbonyl (C=O) groups is 1. The number of pyridine rings is 1. The molecule has 2 N–H and O–H groups in total. The molecule has 1 aliphatic heterocycles. The molecule has 1 saturated heterocycles. The molecule has 38 heavy (non-hydrogen) atoms. The predicted octanol–water partition coefficient (Wildman–Crippen LogP) is 5.66. The molecule has 1 fully saturated rings. The highest BCUT2D eigenvalue weighted by atomic mass is 32.2. The molecule has 0 radical (unpaired) electrons. The summed E-state index contributed by atoms with van der Waals surface area (Å²) in [6.45, 7) is 2.84. The van der Waals surface area contributed by atoms with Crippen LogP contribution in [-0.2, 0) is 4.79 Å². The monoisotopic (exact) mass is 538 g/mol. The Hall–Kier alpha value is -2.81. The van der Waals surface area contributed by atoms with Gasteiger partial charge in [0.25, 0.3) is 0 Å². The van der Waals surface area contributed by atoms with Gasteiger partial charge in [0.1, 0.15) is 11.5 Å². The number of hydrogen-bond acceptors (Lipinski definition) is 7. The fourth-order valence-electron chi connectivity index (χ4n) is 5.49. The highest BCUT2D eigenvalue weighted by Gasteiger charge is 2.30. The summed E-state index contributed by atoms with van der Waals surface area (Å²) in [5.41, 5.74) is 1.70. The van der Waals surface area contributed by atoms with E-state index in [2.05, 4.69) is 16.0 Å². The average Bonchev–Trinajstić information content (AvgIpc) is 2.94. The van der Waals surface area contributed by atoms with E-state index >= 15 is 0 Å². The number of aliphatic hydroxyl groups is 1. The van der Waals surface area contributed by atoms with Crippen LogP contribution in [0.5, 0.6) is 11.5 Å². The molecule has 7 nitrogen and oxygen atoms in total. The lowest BCUT2D eigenvalue weighted by Gasteiger charge is -2.39. The van der Waals surface area contributed by atoms with E-state index in [1.165, 1.54) is 0 Å². The van der Waals surface area contributed by atoms with Crippen molar-refractivity contribution in [1.29, 1.82) is 0 Å². The van der Waals surface area contributed by atoms with Crippen molar-refractivity contribution < 1.29 is 24.5 Å². The first-order valence-corrected chi connectivity index (χ1v) is 14.3. The Balaban J connectivity index is 1.35. The van der Waals surface area contributed by atoms with Crippen molar-refractivity contribution in [3.63, 3.8) is 0 Å². The average molecular weight is 539 g/mol. The van der Waals surface area contributed by atoms with Crippen LogP contribution < -0.4 is 9.47 Å². The van der Waals surface area contributed by atoms with Crippen molar-refractivity contribution >= 4 is 28.6 Å². The molecule has 0 amide bonds. The number of fused-ring (bicyclic) bond motifs is 1. The number of aromatic nitrogens is 1. The van der Waals surface area contributed by atoms with Gasteiger partial charge in [0, 0.05) is 41.7 Å². The summed E-state index contributed by atoms with van der Waals surface area (Å²) < 4.78 is 10.8. The second-order valence-corrected chi connectivity index (χ2v) is 11.1. The molecule has 0 bridgehead atoms. The van der Waals surface area contributed by atoms with Crippen LogP contribution in [0, 0.1) is 11.8 Å². The van der Waals surface area contributed by atoms with Crippen LogP contribution in [-0.4, -0.2) is 65.7 Å². The SMILES string of the molecule is COc1ccc2nccc([C@H](O)CC[C@@H]3CCN(CCSc4ccccc4OC)C[C@H]3CCC(=O)O)c2c1. The van der Waals surface area contributed by atoms with Crippen molar-refractivity contribution in [3.05, 3.63) is 60.3 Å². The molecule has 0 spiro atoms. The molecule has 0 unspecified atom stereocenters. The molecule has 8 heteroatoms. The summed E-state index contributed by atoms with van der Waals surface area (Å²) in [5, 5.41) is 21.4. The molecule has 0 aliphatic carbocycles. The Bertz CT molecular complexity index is 1210. The molecule has 3 atom stereocenters. The summed E-state index contributed by atoms with van der Waals surface area (Å²) in [7, 11) is 3.33. The van der Waals surface area contributed by atoms with E-state index in [-0.39, 0.29) is 6.42 Å². The minimum absolute atomic E-state index is 0.183. The third kappa shape index (κ3) is 7.40. The number of benzene rings is 2. The normalized spacial score (nSPS) is 18.8. The highest BCUT2D eigenvalue weighted by Crippen LogP contribution is 2.36. The number of piperidine rings is 1. The van der Waals surface area contributed by atoms with Crippen molar-refractivity contribution in [2.75, 3.05) is 39.6 Å². The van der Waals surface area contributed by atoms with Crippen molar-refractivity contribution in [2.45, 2.75) is 43.1 Å². The minimum atomic E-state index is -0.746. The van der Waals surface area contributed by atoms with E-state index in [1.807, 2.05) is 42.5 Å². The Morgan fingerprint density at radius 2 is 1.97 bits per heavy atom. The van der Waals surface area contributed by atoms with Gasteiger partial charge >= 0.3 is 5.97 Å². The Kier molecular flexibility index (Phi) is 10.3. The molecule has 0 saturated carbocycles. The number of aliphatic carboxylic acids is 1. The van der Waals surface area contributed by atoms with E-state index in [1.54, 1.807) is 32.2 Å². The third-order valence-corrected chi connectivity index (χ3v) is 8.63. The number of rotatable bonds is 13. The van der Waals surface area contributed by atoms with Gasteiger partial charge in [-0.15, -0.1) is 11.8 Å². The smallest absolute Gasteiger partial charge is 0.303 e. The zero-order chi connectivity index (χ0) is 26.9. The topological polar surface area (TPSA) is 92.1 Å². The molecule has 3 aromatic rings. The second kappa shape index (κ2) is 13.8. The number of aliphatic hydroxyl groups excluding tert-OH is 1. The number of methoxy groups -OCH3 is 2. The number of carboxylic acid groups (broad SMARTS) is 1. The standard InChI is InChI=1S/C30H38N2O5S/c1-36-23-9-10-26-25(19-23)24(13-15-31-26)27(33)11-7-21-14-16-32(20-22(21)8-12-30(34)35)17-18-38-29-6-4-3-5-28(29)37-2/h3-6,9-10,13,15,19,21-22,27,33H,7-8,11-12,14,16-18,20H2,1-2H3,(H,34,35)/t21-,22-,27-/m1/s1. The number of carboxylic acids is 1. The third-order valence-electron chi connectivity index (χ3n) is 7.59. The van der Waals surface area contributed by atoms with E-state index in [0.29, 0.717) is 24.7 Å². The molecule has 1 aliphatic rings. The summed E-state index contributed by atoms with van der Waals surface area (Å²) in [6.07, 6.45) is 4.50. The molecular formula is C30H38N2O5S. The lowest BCUT2D eigenvalue weighted by Crippen LogP contribution is -2.41. The molecular weight excluding hydrogens is 500 g/mol. The zero-order valence-electron chi connectivity index (χ0n) is 22.2. The van der Waals surface area contributed by atoms with Crippen LogP contribution in [0.25, 0.3) is 10.9 Å². The van der Waals surface area contributed by atoms with Crippen molar-refractivity contribution in [3.8, 4) is 11.5 Å². The van der Waals surface area contributed by atoms with Gasteiger partial charge in [-0.05, 0) is 86.0 Å². The van der Waals surface area contributed by atoms with Crippen molar-refractivity contribution in [2.24, 2.45) is 11.8 Å². The fraction of sp³-hybridized carbons (Fsp3) is 0.467. The first-order valence-electron chi connectivity index (χ1n) is 13.3. The van der Waals surface area contributed by atoms with E-state index in [4.69, 9.17) is 9.47 Å². The van der Waals surface area contributed by atoms with Gasteiger partial charge in [0.2, 0.25) is 0 Å². The first kappa shape index (κ1) is 28.2. The van der Waals surface area contributed by atoms with Crippen molar-refractivity contribution in [1.82, 2.24) is 9.88 Å². The van der Waals surface area contributed by atoms with E-state index in [0.717, 1.165) is 71.1 Å². The van der Waals surface area contributed by atoms with Crippen LogP contribution in [0.15, 0.2) is 59.6 Å². The highest BCUT2D eigenvalue weighted by molar-refractivity contribution is 7.99. The van der Waals surface area contributed by atoms with Gasteiger partial charge in [0.05, 0.1) is 25.8 Å². The molecule has 1 aromatic heterocycles. The maximum atomic E-state index is 11.4. The maximum Gasteiger partial charge on any atom is 0.303 e. The largest absolute Gasteiger partial charge is 0.497 e. The number of para-hydroxylation sites is 1. The molecule has 4 rings (SSSR count). The van der Waals surface area contributed by atoms with Gasteiger partial charge in [-0.1, -0.05) is 12.1 Å². The molecule has 2 aromatic carbocycles. The van der Waals surface area contributed by atoms with Gasteiger partial charge in [-0.25, -0.2) is 0 Å². The summed E-state index contributed by atoms with van der Waals surface area (Å²) >= 11 is 1.79. The summed E-state index contributed by atoms with van der Waals surface area (Å²) in [6, 6.07) is 15.7. The Morgan fingerprint density at radius 3 is 2.76 bits per heavy atom. The second-order valence-electron chi connectivity index (χ2n) is 9.92. The minimum Gasteiger partial charge on any atom is -0.497 e. The first-order chi connectivity index (χ1) is 18.5. The number of ether oxygens (including phenoxy) is 2. The Morgan fingerprint density at radius 1 is 1.13 bits per heavy atom. The molecule has 2 heterocycles. The van der Waals surface area contributed by atoms with Gasteiger partial charge < -0.3 is 24.6 Å². The van der Waals surface area contributed by atoms with E-state index < -0.39 is 12.1 Å². The van der Waals surface area contributed by atoms with Crippen LogP contribution in [0.2, 0.25) is 0 Å². The fourth-order valence-corrected chi connectivity index (χ4v) is 6.53. The van der Waals surface area contributed by atoms with Crippen LogP contribution >= 0.6 is 11.8 Å². The predicted molar refractivity (Wildman–Crippen MR) is 151 cm³/mol. The van der Waals surface area contributed by atoms with Crippen LogP contribution in [0.4, 0.5) is 0 Å². The number of hydrogen-bond donors (Lipinski definition) is 2. The quantitative estimate of drug-likeness (QED) is 0.269. The molecule has 204 valence electrons. The van der Waals surface area contributed by atoms with Crippen LogP contribution in [0.3, 0.4) is 0 Å². The number of likely N-dealkylation sites (tertiary alicyclic amines) is 1. The lowest BCUT2D eigenvalue weighted by molar-refractivity contribution is -0.137. The Labute approximate surface area is 229 Å².